The summed E-state index contributed by atoms with van der Waals surface area (Å²) in [5.74, 6) is 0.472. The van der Waals surface area contributed by atoms with Crippen LogP contribution in [0.3, 0.4) is 0 Å². The Morgan fingerprint density at radius 1 is 1.14 bits per heavy atom. The zero-order valence-electron chi connectivity index (χ0n) is 12.4. The first-order chi connectivity index (χ1) is 9.97. The van der Waals surface area contributed by atoms with Gasteiger partial charge in [0.25, 0.3) is 0 Å². The van der Waals surface area contributed by atoms with Gasteiger partial charge in [0.15, 0.2) is 5.65 Å². The number of pyridine rings is 1. The molecule has 0 radical (unpaired) electrons. The van der Waals surface area contributed by atoms with E-state index in [9.17, 15) is 0 Å². The molecular weight excluding hydrogens is 264 g/mol. The Bertz CT molecular complexity index is 770. The van der Waals surface area contributed by atoms with Gasteiger partial charge in [-0.1, -0.05) is 0 Å². The molecule has 0 unspecified atom stereocenters. The molecule has 3 aromatic rings. The van der Waals surface area contributed by atoms with Crippen molar-refractivity contribution in [3.8, 4) is 0 Å². The monoisotopic (exact) mass is 282 g/mol. The predicted molar refractivity (Wildman–Crippen MR) is 81.8 cm³/mol. The number of hydrogen-bond acceptors (Lipinski definition) is 5. The molecule has 0 aliphatic rings. The van der Waals surface area contributed by atoms with E-state index in [2.05, 4.69) is 35.7 Å². The van der Waals surface area contributed by atoms with E-state index in [1.54, 1.807) is 12.4 Å². The molecule has 0 aromatic carbocycles. The van der Waals surface area contributed by atoms with Gasteiger partial charge < -0.3 is 5.73 Å². The topological polar surface area (TPSA) is 82.5 Å². The van der Waals surface area contributed by atoms with E-state index in [0.717, 1.165) is 22.3 Å². The molecule has 2 N–H and O–H groups in total. The number of fused-ring (bicyclic) bond motifs is 1. The second kappa shape index (κ2) is 4.80. The van der Waals surface area contributed by atoms with Crippen LogP contribution in [0, 0.1) is 0 Å². The van der Waals surface area contributed by atoms with Crippen molar-refractivity contribution in [2.45, 2.75) is 32.7 Å². The maximum atomic E-state index is 6.05. The number of hydrogen-bond donors (Lipinski definition) is 1. The summed E-state index contributed by atoms with van der Waals surface area (Å²) in [4.78, 5) is 12.5. The Hall–Kier alpha value is -2.50. The fraction of sp³-hybridized carbons (Fsp3) is 0.333. The van der Waals surface area contributed by atoms with Gasteiger partial charge in [-0.15, -0.1) is 0 Å². The van der Waals surface area contributed by atoms with Crippen LogP contribution in [-0.4, -0.2) is 24.7 Å². The van der Waals surface area contributed by atoms with Gasteiger partial charge in [-0.05, 0) is 38.5 Å². The molecule has 0 atom stereocenters. The van der Waals surface area contributed by atoms with Crippen LogP contribution in [0.2, 0.25) is 0 Å². The van der Waals surface area contributed by atoms with Gasteiger partial charge >= 0.3 is 0 Å². The van der Waals surface area contributed by atoms with Gasteiger partial charge in [0.1, 0.15) is 12.1 Å². The van der Waals surface area contributed by atoms with Gasteiger partial charge in [-0.25, -0.2) is 14.6 Å². The third-order valence-corrected chi connectivity index (χ3v) is 3.32. The minimum Gasteiger partial charge on any atom is -0.383 e. The maximum Gasteiger partial charge on any atom is 0.164 e. The summed E-state index contributed by atoms with van der Waals surface area (Å²) >= 11 is 0. The summed E-state index contributed by atoms with van der Waals surface area (Å²) in [5.41, 5.74) is 8.68. The fourth-order valence-corrected chi connectivity index (χ4v) is 2.33. The average Bonchev–Trinajstić information content (AvgIpc) is 2.80. The van der Waals surface area contributed by atoms with Crippen molar-refractivity contribution < 1.29 is 0 Å². The molecule has 3 rings (SSSR count). The van der Waals surface area contributed by atoms with Crippen molar-refractivity contribution in [1.82, 2.24) is 24.7 Å². The van der Waals surface area contributed by atoms with Gasteiger partial charge in [-0.2, -0.15) is 5.10 Å². The molecule has 0 saturated carbocycles. The van der Waals surface area contributed by atoms with Crippen LogP contribution in [0.15, 0.2) is 30.9 Å². The molecule has 3 heterocycles. The van der Waals surface area contributed by atoms with Crippen LogP contribution in [-0.2, 0) is 12.0 Å². The zero-order chi connectivity index (χ0) is 15.0. The third kappa shape index (κ3) is 2.44. The van der Waals surface area contributed by atoms with Crippen molar-refractivity contribution in [1.29, 1.82) is 0 Å². The lowest BCUT2D eigenvalue weighted by Gasteiger charge is -2.19. The van der Waals surface area contributed by atoms with E-state index in [1.165, 1.54) is 6.33 Å². The first-order valence-corrected chi connectivity index (χ1v) is 6.84. The highest BCUT2D eigenvalue weighted by Gasteiger charge is 2.22. The van der Waals surface area contributed by atoms with E-state index < -0.39 is 0 Å². The standard InChI is InChI=1S/C15H18N6/c1-15(2,3)21-14-12(13(16)18-9-19-14)11(20-21)8-10-4-6-17-7-5-10/h4-7,9H,8H2,1-3H3,(H2,16,18,19). The number of rotatable bonds is 2. The number of anilines is 1. The molecule has 6 nitrogen and oxygen atoms in total. The van der Waals surface area contributed by atoms with E-state index in [0.29, 0.717) is 12.2 Å². The van der Waals surface area contributed by atoms with Crippen molar-refractivity contribution >= 4 is 16.9 Å². The lowest BCUT2D eigenvalue weighted by atomic mass is 10.1. The number of nitrogen functional groups attached to an aromatic ring is 1. The Morgan fingerprint density at radius 2 is 1.86 bits per heavy atom. The summed E-state index contributed by atoms with van der Waals surface area (Å²) in [5, 5.41) is 5.57. The van der Waals surface area contributed by atoms with Crippen LogP contribution in [0.4, 0.5) is 5.82 Å². The van der Waals surface area contributed by atoms with Gasteiger partial charge in [0.2, 0.25) is 0 Å². The molecule has 0 spiro atoms. The quantitative estimate of drug-likeness (QED) is 0.778. The molecule has 0 fully saturated rings. The van der Waals surface area contributed by atoms with E-state index in [4.69, 9.17) is 10.8 Å². The average molecular weight is 282 g/mol. The third-order valence-electron chi connectivity index (χ3n) is 3.32. The molecule has 108 valence electrons. The van der Waals surface area contributed by atoms with Gasteiger partial charge in [-0.3, -0.25) is 4.98 Å². The first kappa shape index (κ1) is 13.5. The lowest BCUT2D eigenvalue weighted by molar-refractivity contribution is 0.363. The highest BCUT2D eigenvalue weighted by Crippen LogP contribution is 2.27. The lowest BCUT2D eigenvalue weighted by Crippen LogP contribution is -2.23. The van der Waals surface area contributed by atoms with Crippen molar-refractivity contribution in [2.24, 2.45) is 0 Å². The summed E-state index contributed by atoms with van der Waals surface area (Å²) in [6.07, 6.45) is 5.72. The summed E-state index contributed by atoms with van der Waals surface area (Å²) < 4.78 is 1.91. The van der Waals surface area contributed by atoms with E-state index in [1.807, 2.05) is 16.8 Å². The first-order valence-electron chi connectivity index (χ1n) is 6.84. The minimum atomic E-state index is -0.171. The zero-order valence-corrected chi connectivity index (χ0v) is 12.4. The van der Waals surface area contributed by atoms with Gasteiger partial charge in [0.05, 0.1) is 16.6 Å². The molecule has 0 bridgehead atoms. The van der Waals surface area contributed by atoms with Gasteiger partial charge in [0, 0.05) is 18.8 Å². The second-order valence-electron chi connectivity index (χ2n) is 6.02. The van der Waals surface area contributed by atoms with Crippen molar-refractivity contribution in [2.75, 3.05) is 5.73 Å². The number of nitrogens with two attached hydrogens (primary N) is 1. The maximum absolute atomic E-state index is 6.05. The SMILES string of the molecule is CC(C)(C)n1nc(Cc2ccncc2)c2c(N)ncnc21. The molecule has 0 amide bonds. The van der Waals surface area contributed by atoms with Crippen molar-refractivity contribution in [3.05, 3.63) is 42.1 Å². The Kier molecular flexibility index (Phi) is 3.08. The van der Waals surface area contributed by atoms with E-state index >= 15 is 0 Å². The van der Waals surface area contributed by atoms with Crippen LogP contribution in [0.25, 0.3) is 11.0 Å². The summed E-state index contributed by atoms with van der Waals surface area (Å²) in [7, 11) is 0. The van der Waals surface area contributed by atoms with E-state index in [-0.39, 0.29) is 5.54 Å². The molecule has 21 heavy (non-hydrogen) atoms. The summed E-state index contributed by atoms with van der Waals surface area (Å²) in [6, 6.07) is 3.95. The minimum absolute atomic E-state index is 0.171. The second-order valence-corrected chi connectivity index (χ2v) is 6.02. The molecule has 6 heteroatoms. The molecule has 0 aliphatic carbocycles. The summed E-state index contributed by atoms with van der Waals surface area (Å²) in [6.45, 7) is 6.27. The highest BCUT2D eigenvalue weighted by atomic mass is 15.3. The smallest absolute Gasteiger partial charge is 0.164 e. The predicted octanol–water partition coefficient (Wildman–Crippen LogP) is 2.15. The number of nitrogens with zero attached hydrogens (tertiary/aromatic N) is 5. The van der Waals surface area contributed by atoms with Crippen LogP contribution >= 0.6 is 0 Å². The normalized spacial score (nSPS) is 12.0. The van der Waals surface area contributed by atoms with Crippen LogP contribution in [0.5, 0.6) is 0 Å². The van der Waals surface area contributed by atoms with Crippen LogP contribution < -0.4 is 5.73 Å². The molecule has 3 aromatic heterocycles. The fourth-order valence-electron chi connectivity index (χ4n) is 2.33. The molecular formula is C15H18N6. The highest BCUT2D eigenvalue weighted by molar-refractivity contribution is 5.88. The molecule has 0 saturated heterocycles. The van der Waals surface area contributed by atoms with Crippen molar-refractivity contribution in [3.63, 3.8) is 0 Å². The largest absolute Gasteiger partial charge is 0.383 e. The number of aromatic nitrogens is 5. The molecule has 0 aliphatic heterocycles. The Morgan fingerprint density at radius 3 is 2.52 bits per heavy atom. The van der Waals surface area contributed by atoms with Crippen LogP contribution in [0.1, 0.15) is 32.0 Å². The Labute approximate surface area is 123 Å². The Balaban J connectivity index is 2.19.